The van der Waals surface area contributed by atoms with Crippen LogP contribution in [-0.2, 0) is 11.3 Å². The lowest BCUT2D eigenvalue weighted by molar-refractivity contribution is -0.132. The minimum absolute atomic E-state index is 0. The third-order valence-electron chi connectivity index (χ3n) is 3.59. The van der Waals surface area contributed by atoms with E-state index in [1.165, 1.54) is 0 Å². The summed E-state index contributed by atoms with van der Waals surface area (Å²) in [6.45, 7) is 4.29. The van der Waals surface area contributed by atoms with Crippen LogP contribution in [-0.4, -0.2) is 59.8 Å². The fraction of sp³-hybridized carbons (Fsp3) is 0.643. The van der Waals surface area contributed by atoms with Gasteiger partial charge >= 0.3 is 0 Å². The number of aromatic nitrogens is 2. The van der Waals surface area contributed by atoms with E-state index in [0.29, 0.717) is 6.42 Å². The van der Waals surface area contributed by atoms with E-state index in [9.17, 15) is 4.79 Å². The van der Waals surface area contributed by atoms with Crippen LogP contribution in [0.1, 0.15) is 18.4 Å². The molecule has 0 bridgehead atoms. The molecule has 0 aromatic carbocycles. The van der Waals surface area contributed by atoms with Gasteiger partial charge in [0.25, 0.3) is 0 Å². The summed E-state index contributed by atoms with van der Waals surface area (Å²) in [4.78, 5) is 17.5. The van der Waals surface area contributed by atoms with E-state index >= 15 is 0 Å². The van der Waals surface area contributed by atoms with Crippen molar-refractivity contribution in [1.29, 1.82) is 0 Å². The molecule has 1 amide bonds. The molecular weight excluding hydrogens is 395 g/mol. The number of likely N-dealkylation sites (tertiary alicyclic amines) is 1. The summed E-state index contributed by atoms with van der Waals surface area (Å²) in [6.07, 6.45) is 5.31. The number of nitrogens with one attached hydrogen (secondary N) is 2. The normalized spacial score (nSPS) is 18.9. The summed E-state index contributed by atoms with van der Waals surface area (Å²) < 4.78 is 1.91. The molecule has 0 radical (unpaired) electrons. The van der Waals surface area contributed by atoms with Crippen LogP contribution in [0.2, 0.25) is 0 Å². The molecule has 1 aliphatic rings. The largest absolute Gasteiger partial charge is 0.355 e. The van der Waals surface area contributed by atoms with Crippen molar-refractivity contribution >= 4 is 35.8 Å². The van der Waals surface area contributed by atoms with Crippen molar-refractivity contribution in [1.82, 2.24) is 25.3 Å². The standard InChI is InChI=1S/C14H24N6O.HI/c1-11-8-17-20(9-11)7-6-16-14(15-2)18-12-4-5-13(21)19(3)10-12;/h8-9,12H,4-7,10H2,1-3H3,(H2,15,16,18);1H. The Kier molecular flexibility index (Phi) is 7.63. The molecule has 7 nitrogen and oxygen atoms in total. The van der Waals surface area contributed by atoms with E-state index in [2.05, 4.69) is 20.7 Å². The van der Waals surface area contributed by atoms with Crippen LogP contribution < -0.4 is 10.6 Å². The number of hydrogen-bond acceptors (Lipinski definition) is 3. The Balaban J connectivity index is 0.00000242. The van der Waals surface area contributed by atoms with E-state index in [-0.39, 0.29) is 35.9 Å². The van der Waals surface area contributed by atoms with Crippen LogP contribution in [0.25, 0.3) is 0 Å². The number of nitrogens with zero attached hydrogens (tertiary/aromatic N) is 4. The smallest absolute Gasteiger partial charge is 0.222 e. The van der Waals surface area contributed by atoms with Gasteiger partial charge in [0.2, 0.25) is 5.91 Å². The molecular formula is C14H25IN6O. The zero-order valence-electron chi connectivity index (χ0n) is 13.4. The number of likely N-dealkylation sites (N-methyl/N-ethyl adjacent to an activating group) is 1. The summed E-state index contributed by atoms with van der Waals surface area (Å²) >= 11 is 0. The third-order valence-corrected chi connectivity index (χ3v) is 3.59. The van der Waals surface area contributed by atoms with Crippen LogP contribution in [0.15, 0.2) is 17.4 Å². The average molecular weight is 420 g/mol. The average Bonchev–Trinajstić information content (AvgIpc) is 2.87. The molecule has 22 heavy (non-hydrogen) atoms. The second-order valence-electron chi connectivity index (χ2n) is 5.43. The van der Waals surface area contributed by atoms with Crippen molar-refractivity contribution in [2.24, 2.45) is 4.99 Å². The molecule has 124 valence electrons. The molecule has 1 atom stereocenters. The lowest BCUT2D eigenvalue weighted by Gasteiger charge is -2.31. The van der Waals surface area contributed by atoms with E-state index in [4.69, 9.17) is 0 Å². The van der Waals surface area contributed by atoms with Crippen LogP contribution in [0, 0.1) is 6.92 Å². The van der Waals surface area contributed by atoms with Crippen molar-refractivity contribution in [3.05, 3.63) is 18.0 Å². The second-order valence-corrected chi connectivity index (χ2v) is 5.43. The lowest BCUT2D eigenvalue weighted by atomic mass is 10.1. The summed E-state index contributed by atoms with van der Waals surface area (Å²) in [5.41, 5.74) is 1.16. The van der Waals surface area contributed by atoms with Gasteiger partial charge in [0, 0.05) is 45.8 Å². The van der Waals surface area contributed by atoms with Crippen LogP contribution in [0.3, 0.4) is 0 Å². The quantitative estimate of drug-likeness (QED) is 0.425. The van der Waals surface area contributed by atoms with Gasteiger partial charge in [-0.25, -0.2) is 0 Å². The van der Waals surface area contributed by atoms with Gasteiger partial charge in [-0.15, -0.1) is 24.0 Å². The number of guanidine groups is 1. The van der Waals surface area contributed by atoms with Crippen LogP contribution in [0.4, 0.5) is 0 Å². The Morgan fingerprint density at radius 3 is 2.91 bits per heavy atom. The molecule has 1 saturated heterocycles. The number of carbonyl (C=O) groups is 1. The molecule has 1 aromatic rings. The van der Waals surface area contributed by atoms with E-state index in [1.54, 1.807) is 11.9 Å². The monoisotopic (exact) mass is 420 g/mol. The number of hydrogen-bond donors (Lipinski definition) is 2. The topological polar surface area (TPSA) is 74.5 Å². The van der Waals surface area contributed by atoms with Crippen molar-refractivity contribution in [3.63, 3.8) is 0 Å². The molecule has 1 unspecified atom stereocenters. The van der Waals surface area contributed by atoms with Gasteiger partial charge < -0.3 is 15.5 Å². The van der Waals surface area contributed by atoms with Crippen LogP contribution >= 0.6 is 24.0 Å². The van der Waals surface area contributed by atoms with Gasteiger partial charge in [-0.1, -0.05) is 0 Å². The minimum Gasteiger partial charge on any atom is -0.355 e. The summed E-state index contributed by atoms with van der Waals surface area (Å²) in [5, 5.41) is 10.9. The Morgan fingerprint density at radius 2 is 2.32 bits per heavy atom. The number of amides is 1. The zero-order chi connectivity index (χ0) is 15.2. The maximum Gasteiger partial charge on any atom is 0.222 e. The molecule has 8 heteroatoms. The number of rotatable bonds is 4. The van der Waals surface area contributed by atoms with Crippen LogP contribution in [0.5, 0.6) is 0 Å². The molecule has 0 aliphatic carbocycles. The molecule has 2 heterocycles. The van der Waals surface area contributed by atoms with Gasteiger partial charge in [0.1, 0.15) is 0 Å². The van der Waals surface area contributed by atoms with Crippen molar-refractivity contribution in [3.8, 4) is 0 Å². The van der Waals surface area contributed by atoms with E-state index < -0.39 is 0 Å². The Hall–Kier alpha value is -1.32. The summed E-state index contributed by atoms with van der Waals surface area (Å²) in [5.74, 6) is 0.983. The van der Waals surface area contributed by atoms with Gasteiger partial charge in [0.05, 0.1) is 12.7 Å². The first kappa shape index (κ1) is 18.7. The van der Waals surface area contributed by atoms with Crippen molar-refractivity contribution in [2.45, 2.75) is 32.4 Å². The number of halogens is 1. The minimum atomic E-state index is 0. The van der Waals surface area contributed by atoms with Crippen molar-refractivity contribution in [2.75, 3.05) is 27.2 Å². The first-order valence-electron chi connectivity index (χ1n) is 7.28. The number of carbonyl (C=O) groups excluding carboxylic acids is 1. The first-order chi connectivity index (χ1) is 10.1. The first-order valence-corrected chi connectivity index (χ1v) is 7.28. The van der Waals surface area contributed by atoms with E-state index in [0.717, 1.165) is 37.6 Å². The lowest BCUT2D eigenvalue weighted by Crippen LogP contribution is -2.52. The molecule has 0 spiro atoms. The highest BCUT2D eigenvalue weighted by Crippen LogP contribution is 2.09. The van der Waals surface area contributed by atoms with Gasteiger partial charge in [-0.2, -0.15) is 5.10 Å². The highest BCUT2D eigenvalue weighted by atomic mass is 127. The molecule has 2 rings (SSSR count). The Morgan fingerprint density at radius 1 is 1.55 bits per heavy atom. The molecule has 2 N–H and O–H groups in total. The van der Waals surface area contributed by atoms with Gasteiger partial charge in [-0.3, -0.25) is 14.5 Å². The zero-order valence-corrected chi connectivity index (χ0v) is 15.7. The predicted octanol–water partition coefficient (Wildman–Crippen LogP) is 0.595. The number of aryl methyl sites for hydroxylation is 1. The van der Waals surface area contributed by atoms with Gasteiger partial charge in [0.15, 0.2) is 5.96 Å². The Labute approximate surface area is 148 Å². The molecule has 1 aliphatic heterocycles. The van der Waals surface area contributed by atoms with E-state index in [1.807, 2.05) is 31.0 Å². The number of piperidine rings is 1. The predicted molar refractivity (Wildman–Crippen MR) is 97.5 cm³/mol. The molecule has 1 fully saturated rings. The third kappa shape index (κ3) is 5.47. The fourth-order valence-electron chi connectivity index (χ4n) is 2.40. The summed E-state index contributed by atoms with van der Waals surface area (Å²) in [6, 6.07) is 0.255. The fourth-order valence-corrected chi connectivity index (χ4v) is 2.40. The Bertz CT molecular complexity index is 515. The van der Waals surface area contributed by atoms with Crippen molar-refractivity contribution < 1.29 is 4.79 Å². The number of aliphatic imine (C=N–C) groups is 1. The second kappa shape index (κ2) is 8.96. The molecule has 1 aromatic heterocycles. The highest BCUT2D eigenvalue weighted by Gasteiger charge is 2.23. The maximum atomic E-state index is 11.5. The SMILES string of the molecule is CN=C(NCCn1cc(C)cn1)NC1CCC(=O)N(C)C1.I. The van der Waals surface area contributed by atoms with Gasteiger partial charge in [-0.05, 0) is 18.9 Å². The molecule has 0 saturated carbocycles. The summed E-state index contributed by atoms with van der Waals surface area (Å²) in [7, 11) is 3.59. The maximum absolute atomic E-state index is 11.5. The highest BCUT2D eigenvalue weighted by molar-refractivity contribution is 14.0.